The number of hydrogen-bond donors (Lipinski definition) is 1. The molecule has 2 rings (SSSR count). The first-order valence-electron chi connectivity index (χ1n) is 5.44. The first-order valence-corrected chi connectivity index (χ1v) is 7.11. The van der Waals surface area contributed by atoms with E-state index < -0.39 is 0 Å². The van der Waals surface area contributed by atoms with Gasteiger partial charge in [0.1, 0.15) is 11.6 Å². The van der Waals surface area contributed by atoms with E-state index in [0.29, 0.717) is 5.75 Å². The summed E-state index contributed by atoms with van der Waals surface area (Å²) in [5.41, 5.74) is 0.788. The molecule has 0 saturated carbocycles. The lowest BCUT2D eigenvalue weighted by Gasteiger charge is -2.16. The Morgan fingerprint density at radius 1 is 1.39 bits per heavy atom. The van der Waals surface area contributed by atoms with Crippen molar-refractivity contribution in [2.45, 2.75) is 13.0 Å². The average Bonchev–Trinajstić information content (AvgIpc) is 2.78. The molecular formula is C13H13BrFNOS. The first-order chi connectivity index (χ1) is 8.60. The highest BCUT2D eigenvalue weighted by molar-refractivity contribution is 9.10. The van der Waals surface area contributed by atoms with Gasteiger partial charge >= 0.3 is 0 Å². The van der Waals surface area contributed by atoms with Gasteiger partial charge in [-0.1, -0.05) is 0 Å². The molecule has 0 radical (unpaired) electrons. The van der Waals surface area contributed by atoms with E-state index in [1.54, 1.807) is 17.4 Å². The van der Waals surface area contributed by atoms with Gasteiger partial charge in [-0.25, -0.2) is 4.39 Å². The summed E-state index contributed by atoms with van der Waals surface area (Å²) >= 11 is 5.10. The normalized spacial score (nSPS) is 12.2. The Balaban J connectivity index is 2.18. The molecule has 0 amide bonds. The molecule has 0 bridgehead atoms. The molecule has 1 aromatic heterocycles. The fraction of sp³-hybridized carbons (Fsp3) is 0.231. The number of hydrogen-bond acceptors (Lipinski definition) is 3. The van der Waals surface area contributed by atoms with Crippen molar-refractivity contribution in [2.75, 3.05) is 12.4 Å². The van der Waals surface area contributed by atoms with Crippen molar-refractivity contribution in [3.05, 3.63) is 44.8 Å². The smallest absolute Gasteiger partial charge is 0.144 e. The van der Waals surface area contributed by atoms with Gasteiger partial charge in [-0.3, -0.25) is 0 Å². The summed E-state index contributed by atoms with van der Waals surface area (Å²) < 4.78 is 19.3. The van der Waals surface area contributed by atoms with E-state index >= 15 is 0 Å². The molecule has 0 aliphatic heterocycles. The Kier molecular flexibility index (Phi) is 4.24. The van der Waals surface area contributed by atoms with Crippen LogP contribution < -0.4 is 10.1 Å². The van der Waals surface area contributed by atoms with Crippen molar-refractivity contribution < 1.29 is 9.13 Å². The van der Waals surface area contributed by atoms with Crippen LogP contribution in [0.3, 0.4) is 0 Å². The van der Waals surface area contributed by atoms with Crippen LogP contribution in [0, 0.1) is 5.82 Å². The Hall–Kier alpha value is -1.07. The van der Waals surface area contributed by atoms with Crippen LogP contribution in [0.2, 0.25) is 0 Å². The standard InChI is InChI=1S/C13H13BrFNOS/c1-8(13-5-9(14)7-18-13)16-11-4-3-10(15)6-12(11)17-2/h3-8,16H,1-2H3. The second kappa shape index (κ2) is 5.71. The Morgan fingerprint density at radius 3 is 2.78 bits per heavy atom. The first kappa shape index (κ1) is 13.4. The maximum atomic E-state index is 13.1. The van der Waals surface area contributed by atoms with E-state index in [-0.39, 0.29) is 11.9 Å². The molecule has 1 atom stereocenters. The molecule has 0 aliphatic rings. The summed E-state index contributed by atoms with van der Waals surface area (Å²) in [5.74, 6) is 0.210. The predicted octanol–water partition coefficient (Wildman–Crippen LogP) is 4.83. The zero-order chi connectivity index (χ0) is 13.1. The molecule has 2 nitrogen and oxygen atoms in total. The number of ether oxygens (including phenoxy) is 1. The van der Waals surface area contributed by atoms with Gasteiger partial charge in [0.05, 0.1) is 18.8 Å². The molecule has 1 N–H and O–H groups in total. The molecule has 0 saturated heterocycles. The zero-order valence-electron chi connectivity index (χ0n) is 10.0. The van der Waals surface area contributed by atoms with Crippen LogP contribution in [0.4, 0.5) is 10.1 Å². The summed E-state index contributed by atoms with van der Waals surface area (Å²) in [6.45, 7) is 2.06. The predicted molar refractivity (Wildman–Crippen MR) is 77.0 cm³/mol. The highest BCUT2D eigenvalue weighted by Crippen LogP contribution is 2.31. The lowest BCUT2D eigenvalue weighted by Crippen LogP contribution is -2.06. The van der Waals surface area contributed by atoms with Crippen LogP contribution in [0.1, 0.15) is 17.8 Å². The van der Waals surface area contributed by atoms with Crippen molar-refractivity contribution in [1.29, 1.82) is 0 Å². The monoisotopic (exact) mass is 329 g/mol. The van der Waals surface area contributed by atoms with Crippen LogP contribution in [-0.4, -0.2) is 7.11 Å². The average molecular weight is 330 g/mol. The van der Waals surface area contributed by atoms with E-state index in [2.05, 4.69) is 34.2 Å². The van der Waals surface area contributed by atoms with Gasteiger partial charge in [0.25, 0.3) is 0 Å². The number of anilines is 1. The summed E-state index contributed by atoms with van der Waals surface area (Å²) in [4.78, 5) is 1.20. The largest absolute Gasteiger partial charge is 0.494 e. The van der Waals surface area contributed by atoms with E-state index in [1.807, 2.05) is 5.38 Å². The Labute approximate surface area is 118 Å². The molecule has 5 heteroatoms. The molecule has 1 aromatic carbocycles. The van der Waals surface area contributed by atoms with Gasteiger partial charge in [-0.05, 0) is 41.1 Å². The van der Waals surface area contributed by atoms with E-state index in [9.17, 15) is 4.39 Å². The summed E-state index contributed by atoms with van der Waals surface area (Å²) in [5, 5.41) is 5.35. The number of rotatable bonds is 4. The Bertz CT molecular complexity index is 544. The van der Waals surface area contributed by atoms with Crippen molar-refractivity contribution in [1.82, 2.24) is 0 Å². The Morgan fingerprint density at radius 2 is 2.17 bits per heavy atom. The van der Waals surface area contributed by atoms with Gasteiger partial charge in [0, 0.05) is 20.8 Å². The van der Waals surface area contributed by atoms with Gasteiger partial charge in [0.2, 0.25) is 0 Å². The number of methoxy groups -OCH3 is 1. The molecule has 1 heterocycles. The second-order valence-corrected chi connectivity index (χ2v) is 5.74. The number of benzene rings is 1. The third-order valence-corrected chi connectivity index (χ3v) is 4.43. The highest BCUT2D eigenvalue weighted by atomic mass is 79.9. The van der Waals surface area contributed by atoms with Crippen molar-refractivity contribution in [3.63, 3.8) is 0 Å². The van der Waals surface area contributed by atoms with Gasteiger partial charge in [-0.2, -0.15) is 0 Å². The third-order valence-electron chi connectivity index (χ3n) is 2.55. The lowest BCUT2D eigenvalue weighted by atomic mass is 10.2. The SMILES string of the molecule is COc1cc(F)ccc1NC(C)c1cc(Br)cs1. The van der Waals surface area contributed by atoms with Gasteiger partial charge in [0.15, 0.2) is 0 Å². The fourth-order valence-electron chi connectivity index (χ4n) is 1.64. The minimum atomic E-state index is -0.302. The van der Waals surface area contributed by atoms with Gasteiger partial charge < -0.3 is 10.1 Å². The van der Waals surface area contributed by atoms with E-state index in [4.69, 9.17) is 4.74 Å². The molecule has 0 aliphatic carbocycles. The molecule has 96 valence electrons. The van der Waals surface area contributed by atoms with Crippen LogP contribution in [0.25, 0.3) is 0 Å². The van der Waals surface area contributed by atoms with Crippen LogP contribution in [0.5, 0.6) is 5.75 Å². The molecule has 0 spiro atoms. The van der Waals surface area contributed by atoms with Crippen molar-refractivity contribution >= 4 is 33.0 Å². The number of thiophene rings is 1. The second-order valence-electron chi connectivity index (χ2n) is 3.88. The van der Waals surface area contributed by atoms with E-state index in [0.717, 1.165) is 10.2 Å². The maximum absolute atomic E-state index is 13.1. The number of halogens is 2. The molecular weight excluding hydrogens is 317 g/mol. The highest BCUT2D eigenvalue weighted by Gasteiger charge is 2.11. The molecule has 2 aromatic rings. The van der Waals surface area contributed by atoms with Crippen LogP contribution >= 0.6 is 27.3 Å². The van der Waals surface area contributed by atoms with Crippen LogP contribution in [0.15, 0.2) is 34.1 Å². The topological polar surface area (TPSA) is 21.3 Å². The third kappa shape index (κ3) is 3.03. The van der Waals surface area contributed by atoms with Crippen molar-refractivity contribution in [2.24, 2.45) is 0 Å². The summed E-state index contributed by atoms with van der Waals surface area (Å²) in [7, 11) is 1.53. The summed E-state index contributed by atoms with van der Waals surface area (Å²) in [6, 6.07) is 6.69. The summed E-state index contributed by atoms with van der Waals surface area (Å²) in [6.07, 6.45) is 0. The van der Waals surface area contributed by atoms with E-state index in [1.165, 1.54) is 24.1 Å². The van der Waals surface area contributed by atoms with Gasteiger partial charge in [-0.15, -0.1) is 11.3 Å². The molecule has 1 unspecified atom stereocenters. The lowest BCUT2D eigenvalue weighted by molar-refractivity contribution is 0.412. The quantitative estimate of drug-likeness (QED) is 0.867. The molecule has 18 heavy (non-hydrogen) atoms. The zero-order valence-corrected chi connectivity index (χ0v) is 12.4. The fourth-order valence-corrected chi connectivity index (χ4v) is 3.10. The molecule has 0 fully saturated rings. The van der Waals surface area contributed by atoms with Crippen LogP contribution in [-0.2, 0) is 0 Å². The minimum Gasteiger partial charge on any atom is -0.494 e. The number of nitrogens with one attached hydrogen (secondary N) is 1. The maximum Gasteiger partial charge on any atom is 0.144 e. The minimum absolute atomic E-state index is 0.140. The van der Waals surface area contributed by atoms with Crippen molar-refractivity contribution in [3.8, 4) is 5.75 Å².